The van der Waals surface area contributed by atoms with Crippen LogP contribution in [-0.4, -0.2) is 17.2 Å². The van der Waals surface area contributed by atoms with Crippen LogP contribution in [-0.2, 0) is 4.79 Å². The van der Waals surface area contributed by atoms with Crippen molar-refractivity contribution >= 4 is 22.7 Å². The minimum atomic E-state index is -0.525. The minimum Gasteiger partial charge on any atom is -0.383 e. The van der Waals surface area contributed by atoms with E-state index in [0.717, 1.165) is 32.1 Å². The number of thioether (sulfide) groups is 1. The van der Waals surface area contributed by atoms with Gasteiger partial charge in [-0.15, -0.1) is 11.8 Å². The number of primary amides is 1. The van der Waals surface area contributed by atoms with Crippen LogP contribution in [0.1, 0.15) is 32.1 Å². The predicted molar refractivity (Wildman–Crippen MR) is 76.0 cm³/mol. The average Bonchev–Trinajstić information content (AvgIpc) is 2.38. The van der Waals surface area contributed by atoms with Gasteiger partial charge in [0.2, 0.25) is 5.91 Å². The molecular formula is C13H18N4OS. The van der Waals surface area contributed by atoms with Gasteiger partial charge in [-0.3, -0.25) is 4.79 Å². The third-order valence-corrected chi connectivity index (χ3v) is 4.88. The number of hydrogen-bond acceptors (Lipinski definition) is 5. The molecule has 1 spiro atoms. The summed E-state index contributed by atoms with van der Waals surface area (Å²) in [5.41, 5.74) is 11.5. The highest BCUT2D eigenvalue weighted by molar-refractivity contribution is 8.13. The molecule has 2 rings (SSSR count). The Morgan fingerprint density at radius 1 is 1.47 bits per heavy atom. The van der Waals surface area contributed by atoms with Crippen molar-refractivity contribution in [3.63, 3.8) is 0 Å². The fourth-order valence-electron chi connectivity index (χ4n) is 3.32. The Hall–Kier alpha value is -1.48. The number of hydrogen-bond donors (Lipinski definition) is 2. The van der Waals surface area contributed by atoms with E-state index in [1.165, 1.54) is 11.8 Å². The molecule has 2 aliphatic rings. The number of aliphatic imine (C=N–C) groups is 1. The lowest BCUT2D eigenvalue weighted by Crippen LogP contribution is -2.48. The lowest BCUT2D eigenvalue weighted by atomic mass is 9.61. The monoisotopic (exact) mass is 278 g/mol. The van der Waals surface area contributed by atoms with Gasteiger partial charge in [0.05, 0.1) is 22.6 Å². The summed E-state index contributed by atoms with van der Waals surface area (Å²) in [6.07, 6.45) is 6.52. The molecule has 102 valence electrons. The van der Waals surface area contributed by atoms with Crippen LogP contribution in [0.4, 0.5) is 0 Å². The highest BCUT2D eigenvalue weighted by Crippen LogP contribution is 2.52. The van der Waals surface area contributed by atoms with Gasteiger partial charge in [0.25, 0.3) is 0 Å². The van der Waals surface area contributed by atoms with Crippen LogP contribution >= 0.6 is 11.8 Å². The smallest absolute Gasteiger partial charge is 0.228 e. The molecule has 6 heteroatoms. The van der Waals surface area contributed by atoms with Crippen molar-refractivity contribution in [3.05, 3.63) is 11.4 Å². The first-order valence-electron chi connectivity index (χ1n) is 6.39. The fourth-order valence-corrected chi connectivity index (χ4v) is 4.09. The Kier molecular flexibility index (Phi) is 3.85. The summed E-state index contributed by atoms with van der Waals surface area (Å²) in [7, 11) is 0. The summed E-state index contributed by atoms with van der Waals surface area (Å²) in [6, 6.07) is 2.17. The Balaban J connectivity index is 2.60. The van der Waals surface area contributed by atoms with Crippen molar-refractivity contribution in [1.29, 1.82) is 5.26 Å². The van der Waals surface area contributed by atoms with E-state index in [2.05, 4.69) is 11.1 Å². The Bertz CT molecular complexity index is 497. The van der Waals surface area contributed by atoms with E-state index in [0.29, 0.717) is 10.6 Å². The van der Waals surface area contributed by atoms with Gasteiger partial charge in [-0.05, 0) is 19.1 Å². The number of carbonyl (C=O) groups is 1. The van der Waals surface area contributed by atoms with Crippen LogP contribution in [0.2, 0.25) is 0 Å². The van der Waals surface area contributed by atoms with Crippen molar-refractivity contribution in [2.24, 2.45) is 27.8 Å². The van der Waals surface area contributed by atoms with Gasteiger partial charge < -0.3 is 11.5 Å². The summed E-state index contributed by atoms with van der Waals surface area (Å²) in [4.78, 5) is 16.1. The van der Waals surface area contributed by atoms with Crippen LogP contribution in [0.3, 0.4) is 0 Å². The first-order chi connectivity index (χ1) is 9.06. The maximum absolute atomic E-state index is 11.9. The molecule has 1 atom stereocenters. The molecular weight excluding hydrogens is 260 g/mol. The molecule has 0 bridgehead atoms. The van der Waals surface area contributed by atoms with E-state index in [-0.39, 0.29) is 5.82 Å². The lowest BCUT2D eigenvalue weighted by Gasteiger charge is -2.44. The molecule has 5 nitrogen and oxygen atoms in total. The van der Waals surface area contributed by atoms with Gasteiger partial charge in [-0.25, -0.2) is 4.99 Å². The maximum Gasteiger partial charge on any atom is 0.228 e. The number of nitrogens with two attached hydrogens (primary N) is 2. The van der Waals surface area contributed by atoms with E-state index < -0.39 is 17.2 Å². The number of nitriles is 1. The van der Waals surface area contributed by atoms with E-state index in [1.807, 2.05) is 6.26 Å². The molecule has 1 fully saturated rings. The summed E-state index contributed by atoms with van der Waals surface area (Å²) < 4.78 is 0. The molecule has 1 aliphatic carbocycles. The van der Waals surface area contributed by atoms with E-state index >= 15 is 0 Å². The highest BCUT2D eigenvalue weighted by atomic mass is 32.2. The summed E-state index contributed by atoms with van der Waals surface area (Å²) in [5, 5.41) is 10.1. The van der Waals surface area contributed by atoms with Crippen LogP contribution in [0.5, 0.6) is 0 Å². The largest absolute Gasteiger partial charge is 0.383 e. The summed E-state index contributed by atoms with van der Waals surface area (Å²) in [6.45, 7) is 0. The molecule has 4 N–H and O–H groups in total. The molecule has 1 aliphatic heterocycles. The first-order valence-corrected chi connectivity index (χ1v) is 7.61. The van der Waals surface area contributed by atoms with Gasteiger partial charge in [-0.1, -0.05) is 19.3 Å². The van der Waals surface area contributed by atoms with E-state index in [4.69, 9.17) is 11.5 Å². The lowest BCUT2D eigenvalue weighted by molar-refractivity contribution is -0.123. The topological polar surface area (TPSA) is 105 Å². The van der Waals surface area contributed by atoms with E-state index in [1.54, 1.807) is 0 Å². The zero-order valence-electron chi connectivity index (χ0n) is 11.0. The quantitative estimate of drug-likeness (QED) is 0.758. The number of carbonyl (C=O) groups excluding carboxylic acids is 1. The van der Waals surface area contributed by atoms with Crippen molar-refractivity contribution in [2.75, 3.05) is 6.26 Å². The second kappa shape index (κ2) is 5.25. The Morgan fingerprint density at radius 2 is 2.11 bits per heavy atom. The van der Waals surface area contributed by atoms with Crippen molar-refractivity contribution < 1.29 is 4.79 Å². The van der Waals surface area contributed by atoms with Crippen molar-refractivity contribution in [3.8, 4) is 6.07 Å². The maximum atomic E-state index is 11.9. The average molecular weight is 278 g/mol. The molecule has 0 aromatic rings. The molecule has 1 heterocycles. The van der Waals surface area contributed by atoms with Gasteiger partial charge >= 0.3 is 0 Å². The number of nitrogens with zero attached hydrogens (tertiary/aromatic N) is 2. The van der Waals surface area contributed by atoms with Gasteiger partial charge in [0.1, 0.15) is 5.82 Å². The predicted octanol–water partition coefficient (Wildman–Crippen LogP) is 1.51. The normalized spacial score (nSPS) is 25.9. The van der Waals surface area contributed by atoms with Crippen LogP contribution in [0.25, 0.3) is 0 Å². The molecule has 0 saturated heterocycles. The van der Waals surface area contributed by atoms with Crippen molar-refractivity contribution in [2.45, 2.75) is 32.1 Å². The molecule has 0 radical (unpaired) electrons. The third kappa shape index (κ3) is 2.12. The second-order valence-corrected chi connectivity index (χ2v) is 5.90. The SMILES string of the molecule is CSC1=NC(N)=C(C#N)C2(CCCCC2)C1C(N)=O. The first kappa shape index (κ1) is 13.9. The third-order valence-electron chi connectivity index (χ3n) is 4.14. The standard InChI is InChI=1S/C13H18N4OS/c1-19-12-9(11(16)18)13(5-3-2-4-6-13)8(7-14)10(15)17-12/h9H,2-6,15H2,1H3,(H2,16,18). The second-order valence-electron chi connectivity index (χ2n) is 5.08. The molecule has 19 heavy (non-hydrogen) atoms. The molecule has 1 saturated carbocycles. The fraction of sp³-hybridized carbons (Fsp3) is 0.615. The zero-order chi connectivity index (χ0) is 14.0. The Morgan fingerprint density at radius 3 is 2.58 bits per heavy atom. The van der Waals surface area contributed by atoms with Crippen molar-refractivity contribution in [1.82, 2.24) is 0 Å². The van der Waals surface area contributed by atoms with Gasteiger partial charge in [0, 0.05) is 5.41 Å². The van der Waals surface area contributed by atoms with Crippen LogP contribution < -0.4 is 11.5 Å². The van der Waals surface area contributed by atoms with Crippen LogP contribution in [0.15, 0.2) is 16.4 Å². The minimum absolute atomic E-state index is 0.256. The Labute approximate surface area is 117 Å². The summed E-state index contributed by atoms with van der Waals surface area (Å²) >= 11 is 1.39. The zero-order valence-corrected chi connectivity index (χ0v) is 11.8. The molecule has 1 unspecified atom stereocenters. The number of amides is 1. The molecule has 0 aromatic carbocycles. The van der Waals surface area contributed by atoms with Gasteiger partial charge in [-0.2, -0.15) is 5.26 Å². The van der Waals surface area contributed by atoms with Gasteiger partial charge in [0.15, 0.2) is 0 Å². The molecule has 0 aromatic heterocycles. The molecule has 1 amide bonds. The van der Waals surface area contributed by atoms with E-state index in [9.17, 15) is 10.1 Å². The summed E-state index contributed by atoms with van der Waals surface area (Å²) in [5.74, 6) is -0.661. The number of rotatable bonds is 1. The van der Waals surface area contributed by atoms with Crippen LogP contribution in [0, 0.1) is 22.7 Å². The highest BCUT2D eigenvalue weighted by Gasteiger charge is 2.51. The number of allylic oxidation sites excluding steroid dienone is 1.